The summed E-state index contributed by atoms with van der Waals surface area (Å²) in [4.78, 5) is 4.49. The number of nitrogens with zero attached hydrogens (tertiary/aromatic N) is 3. The predicted octanol–water partition coefficient (Wildman–Crippen LogP) is 1.50. The van der Waals surface area contributed by atoms with E-state index in [1.54, 1.807) is 7.11 Å². The van der Waals surface area contributed by atoms with Crippen LogP contribution in [0.2, 0.25) is 0 Å². The van der Waals surface area contributed by atoms with E-state index in [4.69, 9.17) is 4.74 Å². The van der Waals surface area contributed by atoms with E-state index in [0.29, 0.717) is 18.8 Å². The van der Waals surface area contributed by atoms with Crippen molar-refractivity contribution in [2.45, 2.75) is 25.3 Å². The van der Waals surface area contributed by atoms with Gasteiger partial charge in [-0.05, 0) is 30.5 Å². The van der Waals surface area contributed by atoms with Crippen LogP contribution in [0.4, 0.5) is 0 Å². The molecule has 2 aromatic rings. The monoisotopic (exact) mass is 336 g/mol. The summed E-state index contributed by atoms with van der Waals surface area (Å²) in [7, 11) is -1.60. The third kappa shape index (κ3) is 3.53. The number of rotatable bonds is 5. The maximum atomic E-state index is 11.8. The average molecular weight is 336 g/mol. The van der Waals surface area contributed by atoms with E-state index in [2.05, 4.69) is 15.2 Å². The van der Waals surface area contributed by atoms with Crippen molar-refractivity contribution in [3.63, 3.8) is 0 Å². The summed E-state index contributed by atoms with van der Waals surface area (Å²) in [6, 6.07) is 7.48. The minimum atomic E-state index is -3.23. The van der Waals surface area contributed by atoms with Crippen LogP contribution in [-0.2, 0) is 16.4 Å². The summed E-state index contributed by atoms with van der Waals surface area (Å²) in [5, 5.41) is 7.14. The molecule has 1 N–H and O–H groups in total. The second kappa shape index (κ2) is 6.29. The number of aromatic amines is 1. The second-order valence-electron chi connectivity index (χ2n) is 5.70. The fourth-order valence-corrected chi connectivity index (χ4v) is 3.99. The minimum Gasteiger partial charge on any atom is -0.497 e. The maximum Gasteiger partial charge on any atom is 0.211 e. The smallest absolute Gasteiger partial charge is 0.211 e. The third-order valence-electron chi connectivity index (χ3n) is 4.01. The first kappa shape index (κ1) is 15.9. The lowest BCUT2D eigenvalue weighted by Crippen LogP contribution is -2.30. The highest BCUT2D eigenvalue weighted by molar-refractivity contribution is 7.88. The number of aromatic nitrogens is 3. The van der Waals surface area contributed by atoms with Crippen molar-refractivity contribution < 1.29 is 13.2 Å². The van der Waals surface area contributed by atoms with Crippen molar-refractivity contribution in [3.8, 4) is 5.75 Å². The molecule has 1 aliphatic heterocycles. The highest BCUT2D eigenvalue weighted by Crippen LogP contribution is 2.31. The van der Waals surface area contributed by atoms with Crippen LogP contribution in [0.25, 0.3) is 0 Å². The lowest BCUT2D eigenvalue weighted by Gasteiger charge is -2.19. The molecule has 0 bridgehead atoms. The highest BCUT2D eigenvalue weighted by atomic mass is 32.2. The number of benzene rings is 1. The van der Waals surface area contributed by atoms with E-state index in [9.17, 15) is 8.42 Å². The molecular weight excluding hydrogens is 316 g/mol. The van der Waals surface area contributed by atoms with Gasteiger partial charge >= 0.3 is 0 Å². The van der Waals surface area contributed by atoms with Gasteiger partial charge in [-0.2, -0.15) is 9.40 Å². The van der Waals surface area contributed by atoms with E-state index in [1.807, 2.05) is 24.3 Å². The zero-order valence-corrected chi connectivity index (χ0v) is 14.0. The van der Waals surface area contributed by atoms with Gasteiger partial charge in [0, 0.05) is 13.0 Å². The molecule has 8 heteroatoms. The molecule has 0 spiro atoms. The van der Waals surface area contributed by atoms with Gasteiger partial charge < -0.3 is 4.74 Å². The first-order valence-electron chi connectivity index (χ1n) is 7.48. The lowest BCUT2D eigenvalue weighted by atomic mass is 10.1. The van der Waals surface area contributed by atoms with Crippen LogP contribution in [0.5, 0.6) is 5.75 Å². The Morgan fingerprint density at radius 2 is 2.09 bits per heavy atom. The topological polar surface area (TPSA) is 88.2 Å². The number of hydrogen-bond donors (Lipinski definition) is 1. The van der Waals surface area contributed by atoms with Crippen LogP contribution < -0.4 is 4.74 Å². The zero-order valence-electron chi connectivity index (χ0n) is 13.2. The molecule has 1 aliphatic rings. The third-order valence-corrected chi connectivity index (χ3v) is 5.30. The van der Waals surface area contributed by atoms with Crippen molar-refractivity contribution in [3.05, 3.63) is 41.5 Å². The molecule has 1 saturated heterocycles. The molecule has 1 atom stereocenters. The largest absolute Gasteiger partial charge is 0.497 e. The Morgan fingerprint density at radius 3 is 2.74 bits per heavy atom. The van der Waals surface area contributed by atoms with Crippen LogP contribution in [0.15, 0.2) is 24.3 Å². The Kier molecular flexibility index (Phi) is 4.36. The predicted molar refractivity (Wildman–Crippen MR) is 85.7 cm³/mol. The molecule has 1 aromatic heterocycles. The zero-order chi connectivity index (χ0) is 16.4. The molecule has 7 nitrogen and oxygen atoms in total. The Labute approximate surface area is 135 Å². The van der Waals surface area contributed by atoms with E-state index in [1.165, 1.54) is 10.6 Å². The summed E-state index contributed by atoms with van der Waals surface area (Å²) in [5.74, 6) is 2.09. The SMILES string of the molecule is COc1ccc(Cc2nc([C@@H]3CCCN3S(C)(=O)=O)n[nH]2)cc1. The maximum absolute atomic E-state index is 11.8. The Bertz CT molecular complexity index is 770. The second-order valence-corrected chi connectivity index (χ2v) is 7.63. The van der Waals surface area contributed by atoms with Gasteiger partial charge in [-0.15, -0.1) is 0 Å². The number of methoxy groups -OCH3 is 1. The molecule has 23 heavy (non-hydrogen) atoms. The van der Waals surface area contributed by atoms with Gasteiger partial charge in [0.25, 0.3) is 0 Å². The summed E-state index contributed by atoms with van der Waals surface area (Å²) >= 11 is 0. The highest BCUT2D eigenvalue weighted by Gasteiger charge is 2.35. The van der Waals surface area contributed by atoms with Crippen molar-refractivity contribution in [2.24, 2.45) is 0 Å². The van der Waals surface area contributed by atoms with Crippen molar-refractivity contribution in [1.82, 2.24) is 19.5 Å². The van der Waals surface area contributed by atoms with Gasteiger partial charge in [-0.3, -0.25) is 5.10 Å². The quantitative estimate of drug-likeness (QED) is 0.894. The van der Waals surface area contributed by atoms with Gasteiger partial charge in [0.05, 0.1) is 19.4 Å². The molecule has 0 radical (unpaired) electrons. The molecular formula is C15H20N4O3S. The number of sulfonamides is 1. The summed E-state index contributed by atoms with van der Waals surface area (Å²) in [6.45, 7) is 0.534. The molecule has 0 amide bonds. The standard InChI is InChI=1S/C15H20N4O3S/c1-22-12-7-5-11(6-8-12)10-14-16-15(18-17-14)13-4-3-9-19(13)23(2,20)21/h5-8,13H,3-4,9-10H2,1-2H3,(H,16,17,18)/t13-/m0/s1. The molecule has 0 aliphatic carbocycles. The molecule has 124 valence electrons. The normalized spacial score (nSPS) is 19.1. The molecule has 0 unspecified atom stereocenters. The van der Waals surface area contributed by atoms with Crippen molar-refractivity contribution in [2.75, 3.05) is 19.9 Å². The average Bonchev–Trinajstić information content (AvgIpc) is 3.15. The molecule has 2 heterocycles. The summed E-state index contributed by atoms with van der Waals surface area (Å²) < 4.78 is 30.3. The first-order chi connectivity index (χ1) is 11.0. The number of H-pyrrole nitrogens is 1. The molecule has 1 aromatic carbocycles. The van der Waals surface area contributed by atoms with Gasteiger partial charge in [0.1, 0.15) is 11.6 Å². The van der Waals surface area contributed by atoms with Crippen LogP contribution in [-0.4, -0.2) is 47.8 Å². The lowest BCUT2D eigenvalue weighted by molar-refractivity contribution is 0.387. The van der Waals surface area contributed by atoms with Crippen molar-refractivity contribution >= 4 is 10.0 Å². The molecule has 0 saturated carbocycles. The van der Waals surface area contributed by atoms with Crippen LogP contribution in [0.3, 0.4) is 0 Å². The van der Waals surface area contributed by atoms with E-state index in [0.717, 1.165) is 30.0 Å². The molecule has 3 rings (SSSR count). The van der Waals surface area contributed by atoms with Crippen LogP contribution >= 0.6 is 0 Å². The van der Waals surface area contributed by atoms with Gasteiger partial charge in [-0.25, -0.2) is 13.4 Å². The van der Waals surface area contributed by atoms with E-state index in [-0.39, 0.29) is 6.04 Å². The van der Waals surface area contributed by atoms with E-state index < -0.39 is 10.0 Å². The van der Waals surface area contributed by atoms with Gasteiger partial charge in [-0.1, -0.05) is 12.1 Å². The van der Waals surface area contributed by atoms with E-state index >= 15 is 0 Å². The minimum absolute atomic E-state index is 0.258. The van der Waals surface area contributed by atoms with Crippen molar-refractivity contribution in [1.29, 1.82) is 0 Å². The van der Waals surface area contributed by atoms with Gasteiger partial charge in [0.15, 0.2) is 5.82 Å². The first-order valence-corrected chi connectivity index (χ1v) is 9.33. The molecule has 1 fully saturated rings. The van der Waals surface area contributed by atoms with Crippen LogP contribution in [0.1, 0.15) is 36.1 Å². The Hall–Kier alpha value is -1.93. The fourth-order valence-electron chi connectivity index (χ4n) is 2.87. The summed E-state index contributed by atoms with van der Waals surface area (Å²) in [6.07, 6.45) is 3.44. The number of nitrogens with one attached hydrogen (secondary N) is 1. The fraction of sp³-hybridized carbons (Fsp3) is 0.467. The number of hydrogen-bond acceptors (Lipinski definition) is 5. The summed E-state index contributed by atoms with van der Waals surface area (Å²) in [5.41, 5.74) is 1.08. The van der Waals surface area contributed by atoms with Gasteiger partial charge in [0.2, 0.25) is 10.0 Å². The number of ether oxygens (including phenoxy) is 1. The Balaban J connectivity index is 1.75. The Morgan fingerprint density at radius 1 is 1.35 bits per heavy atom. The van der Waals surface area contributed by atoms with Crippen LogP contribution in [0, 0.1) is 0 Å².